The first-order valence-electron chi connectivity index (χ1n) is 12.6. The molecule has 2 unspecified atom stereocenters. The van der Waals surface area contributed by atoms with Crippen molar-refractivity contribution >= 4 is 22.6 Å². The molecule has 0 radical (unpaired) electrons. The minimum Gasteiger partial charge on any atom is -0.347 e. The third kappa shape index (κ3) is 3.92. The van der Waals surface area contributed by atoms with Crippen LogP contribution in [-0.2, 0) is 10.3 Å². The van der Waals surface area contributed by atoms with E-state index in [1.807, 2.05) is 24.4 Å². The standard InChI is InChI=1S/C28H30N6O/c1-19-14-21-17-33(18-25(19)34(21)26-8-7-20(15-29)16-31-26)27(35)9-13-32-28(10-11-28)23-5-2-6-24-22(23)4-3-12-30-24/h2-8,12,16,19,21,25,32H,9-11,13-14,17-18H2,1H3/t19-,21?,25?/m0/s1. The third-order valence-electron chi connectivity index (χ3n) is 8.10. The number of nitrogens with one attached hydrogen (secondary N) is 1. The van der Waals surface area contributed by atoms with Gasteiger partial charge in [0.05, 0.1) is 17.1 Å². The predicted octanol–water partition coefficient (Wildman–Crippen LogP) is 3.60. The van der Waals surface area contributed by atoms with Crippen molar-refractivity contribution in [1.29, 1.82) is 5.26 Å². The van der Waals surface area contributed by atoms with Crippen molar-refractivity contribution in [1.82, 2.24) is 20.2 Å². The molecule has 7 nitrogen and oxygen atoms in total. The molecule has 2 aromatic heterocycles. The highest BCUT2D eigenvalue weighted by Gasteiger charge is 2.47. The van der Waals surface area contributed by atoms with Crippen molar-refractivity contribution < 1.29 is 4.79 Å². The third-order valence-corrected chi connectivity index (χ3v) is 8.10. The van der Waals surface area contributed by atoms with Crippen LogP contribution in [-0.4, -0.2) is 52.5 Å². The van der Waals surface area contributed by atoms with Crippen molar-refractivity contribution in [2.45, 2.75) is 50.2 Å². The molecule has 3 aliphatic rings. The molecule has 3 aromatic rings. The summed E-state index contributed by atoms with van der Waals surface area (Å²) in [6.07, 6.45) is 7.23. The van der Waals surface area contributed by atoms with Gasteiger partial charge in [0, 0.05) is 55.4 Å². The molecule has 1 aliphatic carbocycles. The number of carbonyl (C=O) groups excluding carboxylic acids is 1. The largest absolute Gasteiger partial charge is 0.347 e. The maximum absolute atomic E-state index is 13.2. The van der Waals surface area contributed by atoms with Gasteiger partial charge < -0.3 is 15.1 Å². The molecule has 6 rings (SSSR count). The summed E-state index contributed by atoms with van der Waals surface area (Å²) in [7, 11) is 0. The highest BCUT2D eigenvalue weighted by molar-refractivity contribution is 5.83. The number of likely N-dealkylation sites (tertiary alicyclic amines) is 1. The quantitative estimate of drug-likeness (QED) is 0.598. The van der Waals surface area contributed by atoms with Crippen LogP contribution in [0.5, 0.6) is 0 Å². The molecule has 1 N–H and O–H groups in total. The Morgan fingerprint density at radius 2 is 2.06 bits per heavy atom. The summed E-state index contributed by atoms with van der Waals surface area (Å²) in [5, 5.41) is 14.0. The number of hydrogen-bond acceptors (Lipinski definition) is 6. The van der Waals surface area contributed by atoms with E-state index in [0.717, 1.165) is 43.7 Å². The summed E-state index contributed by atoms with van der Waals surface area (Å²) in [6.45, 7) is 4.42. The molecule has 2 bridgehead atoms. The van der Waals surface area contributed by atoms with Crippen LogP contribution in [0, 0.1) is 17.2 Å². The number of rotatable bonds is 6. The van der Waals surface area contributed by atoms with Gasteiger partial charge in [0.2, 0.25) is 5.91 Å². The number of amides is 1. The normalized spacial score (nSPS) is 24.4. The molecule has 2 saturated heterocycles. The Hall–Kier alpha value is -3.50. The Morgan fingerprint density at radius 3 is 2.80 bits per heavy atom. The molecular formula is C28H30N6O. The summed E-state index contributed by atoms with van der Waals surface area (Å²) >= 11 is 0. The SMILES string of the molecule is C[C@H]1CC2CN(C(=O)CCNC3(c4cccc5ncccc45)CC3)CC1N2c1ccc(C#N)cn1. The Morgan fingerprint density at radius 1 is 1.17 bits per heavy atom. The van der Waals surface area contributed by atoms with Crippen LogP contribution in [0.3, 0.4) is 0 Å². The van der Waals surface area contributed by atoms with Crippen molar-refractivity contribution in [3.8, 4) is 6.07 Å². The maximum atomic E-state index is 13.2. The Labute approximate surface area is 205 Å². The second-order valence-corrected chi connectivity index (χ2v) is 10.3. The van der Waals surface area contributed by atoms with E-state index < -0.39 is 0 Å². The molecule has 3 atom stereocenters. The topological polar surface area (TPSA) is 85.2 Å². The molecule has 7 heteroatoms. The number of fused-ring (bicyclic) bond motifs is 3. The van der Waals surface area contributed by atoms with Gasteiger partial charge in [0.1, 0.15) is 11.9 Å². The van der Waals surface area contributed by atoms with Crippen molar-refractivity contribution in [2.75, 3.05) is 24.5 Å². The number of nitriles is 1. The number of anilines is 1. The van der Waals surface area contributed by atoms with E-state index in [1.54, 1.807) is 6.20 Å². The monoisotopic (exact) mass is 466 g/mol. The zero-order valence-electron chi connectivity index (χ0n) is 20.0. The smallest absolute Gasteiger partial charge is 0.223 e. The van der Waals surface area contributed by atoms with E-state index >= 15 is 0 Å². The molecule has 3 fully saturated rings. The fourth-order valence-corrected chi connectivity index (χ4v) is 6.15. The van der Waals surface area contributed by atoms with E-state index in [4.69, 9.17) is 5.26 Å². The van der Waals surface area contributed by atoms with Gasteiger partial charge in [0.25, 0.3) is 0 Å². The van der Waals surface area contributed by atoms with Crippen LogP contribution in [0.15, 0.2) is 54.9 Å². The Bertz CT molecular complexity index is 1290. The molecule has 1 amide bonds. The molecule has 4 heterocycles. The van der Waals surface area contributed by atoms with E-state index in [2.05, 4.69) is 62.3 Å². The minimum atomic E-state index is -0.0314. The van der Waals surface area contributed by atoms with E-state index in [9.17, 15) is 4.79 Å². The van der Waals surface area contributed by atoms with Gasteiger partial charge in [-0.25, -0.2) is 4.98 Å². The first kappa shape index (κ1) is 22.0. The summed E-state index contributed by atoms with van der Waals surface area (Å²) in [5.74, 6) is 1.64. The summed E-state index contributed by atoms with van der Waals surface area (Å²) in [5.41, 5.74) is 2.86. The number of benzene rings is 1. The highest BCUT2D eigenvalue weighted by atomic mass is 16.2. The van der Waals surface area contributed by atoms with Gasteiger partial charge in [-0.3, -0.25) is 9.78 Å². The zero-order chi connectivity index (χ0) is 24.0. The van der Waals surface area contributed by atoms with E-state index in [0.29, 0.717) is 24.4 Å². The van der Waals surface area contributed by atoms with Gasteiger partial charge in [-0.15, -0.1) is 0 Å². The van der Waals surface area contributed by atoms with Gasteiger partial charge in [-0.05, 0) is 55.0 Å². The number of nitrogens with zero attached hydrogens (tertiary/aromatic N) is 5. The lowest BCUT2D eigenvalue weighted by Crippen LogP contribution is -2.56. The fraction of sp³-hybridized carbons (Fsp3) is 0.429. The summed E-state index contributed by atoms with van der Waals surface area (Å²) < 4.78 is 0. The number of aromatic nitrogens is 2. The number of pyridine rings is 2. The summed E-state index contributed by atoms with van der Waals surface area (Å²) in [6, 6.07) is 16.9. The molecule has 0 spiro atoms. The van der Waals surface area contributed by atoms with Crippen LogP contribution in [0.25, 0.3) is 10.9 Å². The first-order valence-corrected chi connectivity index (χ1v) is 12.6. The van der Waals surface area contributed by atoms with Crippen molar-refractivity contribution in [3.63, 3.8) is 0 Å². The molecule has 1 saturated carbocycles. The van der Waals surface area contributed by atoms with Gasteiger partial charge in [-0.1, -0.05) is 25.1 Å². The van der Waals surface area contributed by atoms with Gasteiger partial charge in [0.15, 0.2) is 0 Å². The lowest BCUT2D eigenvalue weighted by atomic mass is 9.99. The van der Waals surface area contributed by atoms with Crippen LogP contribution < -0.4 is 10.2 Å². The number of piperazine rings is 1. The van der Waals surface area contributed by atoms with Crippen molar-refractivity contribution in [3.05, 3.63) is 66.0 Å². The van der Waals surface area contributed by atoms with Crippen LogP contribution >= 0.6 is 0 Å². The Balaban J connectivity index is 1.09. The highest BCUT2D eigenvalue weighted by Crippen LogP contribution is 2.47. The predicted molar refractivity (Wildman–Crippen MR) is 135 cm³/mol. The van der Waals surface area contributed by atoms with Gasteiger partial charge in [-0.2, -0.15) is 5.26 Å². The van der Waals surface area contributed by atoms with Crippen molar-refractivity contribution in [2.24, 2.45) is 5.92 Å². The molecular weight excluding hydrogens is 436 g/mol. The lowest BCUT2D eigenvalue weighted by Gasteiger charge is -2.42. The maximum Gasteiger partial charge on any atom is 0.223 e. The van der Waals surface area contributed by atoms with Crippen LogP contribution in [0.1, 0.15) is 43.7 Å². The van der Waals surface area contributed by atoms with Gasteiger partial charge >= 0.3 is 0 Å². The minimum absolute atomic E-state index is 0.0314. The Kier molecular flexibility index (Phi) is 5.42. The van der Waals surface area contributed by atoms with E-state index in [-0.39, 0.29) is 23.5 Å². The molecule has 35 heavy (non-hydrogen) atoms. The zero-order valence-corrected chi connectivity index (χ0v) is 20.0. The number of carbonyl (C=O) groups is 1. The molecule has 2 aliphatic heterocycles. The molecule has 1 aromatic carbocycles. The average molecular weight is 467 g/mol. The second kappa shape index (κ2) is 8.62. The first-order chi connectivity index (χ1) is 17.1. The number of hydrogen-bond donors (Lipinski definition) is 1. The lowest BCUT2D eigenvalue weighted by molar-refractivity contribution is -0.132. The van der Waals surface area contributed by atoms with Crippen LogP contribution in [0.4, 0.5) is 5.82 Å². The van der Waals surface area contributed by atoms with E-state index in [1.165, 1.54) is 10.9 Å². The molecule has 178 valence electrons. The summed E-state index contributed by atoms with van der Waals surface area (Å²) in [4.78, 5) is 26.7. The fourth-order valence-electron chi connectivity index (χ4n) is 6.15. The average Bonchev–Trinajstić information content (AvgIpc) is 3.65. The second-order valence-electron chi connectivity index (χ2n) is 10.3. The van der Waals surface area contributed by atoms with Crippen LogP contribution in [0.2, 0.25) is 0 Å².